The number of aryl methyl sites for hydroxylation is 1. The van der Waals surface area contributed by atoms with Gasteiger partial charge in [0, 0.05) is 61.2 Å². The number of ether oxygens (including phenoxy) is 1. The molecule has 0 saturated carbocycles. The van der Waals surface area contributed by atoms with Crippen molar-refractivity contribution in [3.8, 4) is 5.75 Å². The number of para-hydroxylation sites is 2. The summed E-state index contributed by atoms with van der Waals surface area (Å²) in [6, 6.07) is 24.2. The maximum absolute atomic E-state index is 13.6. The van der Waals surface area contributed by atoms with Crippen LogP contribution in [0.3, 0.4) is 0 Å². The summed E-state index contributed by atoms with van der Waals surface area (Å²) >= 11 is 6.25. The van der Waals surface area contributed by atoms with Gasteiger partial charge in [-0.25, -0.2) is 0 Å². The number of anilines is 2. The number of hydrogen-bond donors (Lipinski definition) is 1. The van der Waals surface area contributed by atoms with Crippen molar-refractivity contribution >= 4 is 39.8 Å². The number of aromatic nitrogens is 1. The molecule has 37 heavy (non-hydrogen) atoms. The number of H-pyrrole nitrogens is 1. The van der Waals surface area contributed by atoms with Gasteiger partial charge in [-0.05, 0) is 54.8 Å². The number of carbonyl (C=O) groups excluding carboxylic acids is 1. The molecule has 6 nitrogen and oxygen atoms in total. The van der Waals surface area contributed by atoms with Crippen LogP contribution in [0.25, 0.3) is 10.9 Å². The van der Waals surface area contributed by atoms with Crippen molar-refractivity contribution in [3.63, 3.8) is 0 Å². The summed E-state index contributed by atoms with van der Waals surface area (Å²) < 4.78 is 5.85. The van der Waals surface area contributed by atoms with Gasteiger partial charge in [-0.2, -0.15) is 0 Å². The molecular formula is C30H31ClN4O2. The summed E-state index contributed by atoms with van der Waals surface area (Å²) in [6.07, 6.45) is 3.93. The first-order valence-corrected chi connectivity index (χ1v) is 13.4. The topological polar surface area (TPSA) is 51.8 Å². The molecule has 3 heterocycles. The molecule has 1 saturated heterocycles. The Balaban J connectivity index is 1.15. The van der Waals surface area contributed by atoms with Crippen molar-refractivity contribution in [2.24, 2.45) is 0 Å². The zero-order valence-electron chi connectivity index (χ0n) is 20.8. The van der Waals surface area contributed by atoms with Crippen molar-refractivity contribution in [2.45, 2.75) is 18.9 Å². The van der Waals surface area contributed by atoms with Crippen molar-refractivity contribution in [1.82, 2.24) is 9.88 Å². The Kier molecular flexibility index (Phi) is 6.77. The SMILES string of the molecule is O=C(COc1ccccc1Cl)N1c2ccccc2CCC1CN1CCN(c2cccc3[nH]ccc23)CC1. The number of piperazine rings is 1. The molecule has 0 bridgehead atoms. The highest BCUT2D eigenvalue weighted by Crippen LogP contribution is 2.32. The van der Waals surface area contributed by atoms with E-state index in [1.807, 2.05) is 35.4 Å². The van der Waals surface area contributed by atoms with Gasteiger partial charge in [0.1, 0.15) is 5.75 Å². The maximum atomic E-state index is 13.6. The molecule has 1 amide bonds. The molecule has 1 N–H and O–H groups in total. The highest BCUT2D eigenvalue weighted by molar-refractivity contribution is 6.32. The molecule has 0 spiro atoms. The Labute approximate surface area is 222 Å². The first kappa shape index (κ1) is 23.9. The first-order chi connectivity index (χ1) is 18.2. The molecule has 1 atom stereocenters. The molecule has 0 aliphatic carbocycles. The summed E-state index contributed by atoms with van der Waals surface area (Å²) in [5.41, 5.74) is 4.69. The zero-order valence-corrected chi connectivity index (χ0v) is 21.5. The maximum Gasteiger partial charge on any atom is 0.265 e. The van der Waals surface area contributed by atoms with Crippen LogP contribution >= 0.6 is 11.6 Å². The Morgan fingerprint density at radius 1 is 0.919 bits per heavy atom. The van der Waals surface area contributed by atoms with Gasteiger partial charge in [-0.3, -0.25) is 9.69 Å². The first-order valence-electron chi connectivity index (χ1n) is 13.0. The number of rotatable bonds is 6. The third kappa shape index (κ3) is 4.91. The van der Waals surface area contributed by atoms with Crippen LogP contribution in [0, 0.1) is 0 Å². The average Bonchev–Trinajstić information content (AvgIpc) is 3.42. The molecule has 6 rings (SSSR count). The van der Waals surface area contributed by atoms with Gasteiger partial charge in [0.15, 0.2) is 6.61 Å². The number of nitrogens with zero attached hydrogens (tertiary/aromatic N) is 3. The van der Waals surface area contributed by atoms with E-state index in [-0.39, 0.29) is 18.6 Å². The number of carbonyl (C=O) groups is 1. The van der Waals surface area contributed by atoms with E-state index >= 15 is 0 Å². The van der Waals surface area contributed by atoms with Crippen LogP contribution in [-0.2, 0) is 11.2 Å². The predicted molar refractivity (Wildman–Crippen MR) is 150 cm³/mol. The van der Waals surface area contributed by atoms with Crippen LogP contribution in [0.4, 0.5) is 11.4 Å². The molecule has 2 aliphatic rings. The van der Waals surface area contributed by atoms with Gasteiger partial charge < -0.3 is 19.5 Å². The monoisotopic (exact) mass is 514 g/mol. The van der Waals surface area contributed by atoms with Gasteiger partial charge in [0.2, 0.25) is 0 Å². The van der Waals surface area contributed by atoms with E-state index in [9.17, 15) is 4.79 Å². The number of halogens is 1. The second kappa shape index (κ2) is 10.5. The van der Waals surface area contributed by atoms with E-state index in [4.69, 9.17) is 16.3 Å². The van der Waals surface area contributed by atoms with Gasteiger partial charge in [0.05, 0.1) is 11.1 Å². The summed E-state index contributed by atoms with van der Waals surface area (Å²) in [4.78, 5) is 23.8. The van der Waals surface area contributed by atoms with Crippen molar-refractivity contribution in [1.29, 1.82) is 0 Å². The fraction of sp³-hybridized carbons (Fsp3) is 0.300. The normalized spacial score (nSPS) is 18.1. The van der Waals surface area contributed by atoms with Crippen LogP contribution in [0.2, 0.25) is 5.02 Å². The molecule has 0 radical (unpaired) electrons. The van der Waals surface area contributed by atoms with Crippen LogP contribution in [-0.4, -0.2) is 61.2 Å². The van der Waals surface area contributed by atoms with Crippen molar-refractivity contribution in [2.75, 3.05) is 49.1 Å². The van der Waals surface area contributed by atoms with Gasteiger partial charge in [-0.15, -0.1) is 0 Å². The summed E-state index contributed by atoms with van der Waals surface area (Å²) in [5.74, 6) is 0.503. The molecule has 2 aliphatic heterocycles. The minimum atomic E-state index is -0.0387. The van der Waals surface area contributed by atoms with E-state index in [0.29, 0.717) is 10.8 Å². The number of benzene rings is 3. The number of hydrogen-bond acceptors (Lipinski definition) is 4. The zero-order chi connectivity index (χ0) is 25.2. The molecule has 3 aromatic carbocycles. The third-order valence-corrected chi connectivity index (χ3v) is 7.89. The molecule has 7 heteroatoms. The van der Waals surface area contributed by atoms with Crippen LogP contribution in [0.15, 0.2) is 79.0 Å². The predicted octanol–water partition coefficient (Wildman–Crippen LogP) is 5.37. The Morgan fingerprint density at radius 3 is 2.57 bits per heavy atom. The quantitative estimate of drug-likeness (QED) is 0.376. The van der Waals surface area contributed by atoms with Crippen molar-refractivity contribution in [3.05, 3.63) is 89.6 Å². The smallest absolute Gasteiger partial charge is 0.265 e. The highest BCUT2D eigenvalue weighted by atomic mass is 35.5. The van der Waals surface area contributed by atoms with Gasteiger partial charge in [-0.1, -0.05) is 48.0 Å². The summed E-state index contributed by atoms with van der Waals surface area (Å²) in [7, 11) is 0. The standard InChI is InChI=1S/C30H31ClN4O2/c31-25-7-2-4-11-29(25)37-21-30(36)35-23(13-12-22-6-1-3-9-27(22)35)20-33-16-18-34(19-17-33)28-10-5-8-26-24(28)14-15-32-26/h1-11,14-15,23,32H,12-13,16-21H2. The Hall–Kier alpha value is -3.48. The second-order valence-electron chi connectivity index (χ2n) is 9.81. The summed E-state index contributed by atoms with van der Waals surface area (Å²) in [6.45, 7) is 4.69. The number of fused-ring (bicyclic) bond motifs is 2. The molecule has 1 fully saturated rings. The minimum absolute atomic E-state index is 0.0326. The Morgan fingerprint density at radius 2 is 1.70 bits per heavy atom. The fourth-order valence-electron chi connectivity index (χ4n) is 5.70. The number of aromatic amines is 1. The van der Waals surface area contributed by atoms with Crippen LogP contribution in [0.1, 0.15) is 12.0 Å². The van der Waals surface area contributed by atoms with E-state index in [1.165, 1.54) is 22.2 Å². The third-order valence-electron chi connectivity index (χ3n) is 7.57. The van der Waals surface area contributed by atoms with Crippen LogP contribution in [0.5, 0.6) is 5.75 Å². The minimum Gasteiger partial charge on any atom is -0.482 e. The largest absolute Gasteiger partial charge is 0.482 e. The molecule has 4 aromatic rings. The summed E-state index contributed by atoms with van der Waals surface area (Å²) in [5, 5.41) is 1.79. The second-order valence-corrected chi connectivity index (χ2v) is 10.2. The lowest BCUT2D eigenvalue weighted by Crippen LogP contribution is -2.54. The molecule has 190 valence electrons. The van der Waals surface area contributed by atoms with Crippen LogP contribution < -0.4 is 14.5 Å². The Bertz CT molecular complexity index is 1400. The lowest BCUT2D eigenvalue weighted by Gasteiger charge is -2.42. The average molecular weight is 515 g/mol. The van der Waals surface area contributed by atoms with Gasteiger partial charge >= 0.3 is 0 Å². The van der Waals surface area contributed by atoms with Gasteiger partial charge in [0.25, 0.3) is 5.91 Å². The lowest BCUT2D eigenvalue weighted by atomic mass is 9.95. The fourth-order valence-corrected chi connectivity index (χ4v) is 5.89. The molecular weight excluding hydrogens is 484 g/mol. The molecule has 1 aromatic heterocycles. The van der Waals surface area contributed by atoms with Crippen molar-refractivity contribution < 1.29 is 9.53 Å². The highest BCUT2D eigenvalue weighted by Gasteiger charge is 2.33. The number of nitrogens with one attached hydrogen (secondary N) is 1. The van der Waals surface area contributed by atoms with E-state index in [0.717, 1.165) is 51.3 Å². The number of amides is 1. The van der Waals surface area contributed by atoms with E-state index < -0.39 is 0 Å². The molecule has 1 unspecified atom stereocenters. The van der Waals surface area contributed by atoms with E-state index in [2.05, 4.69) is 51.2 Å². The lowest BCUT2D eigenvalue weighted by molar-refractivity contribution is -0.121. The van der Waals surface area contributed by atoms with E-state index in [1.54, 1.807) is 12.1 Å².